The van der Waals surface area contributed by atoms with Crippen LogP contribution in [0.1, 0.15) is 22.4 Å². The van der Waals surface area contributed by atoms with Crippen molar-refractivity contribution in [3.63, 3.8) is 0 Å². The fraction of sp³-hybridized carbons (Fsp3) is 0.250. The molecule has 0 amide bonds. The molecule has 3 rings (SSSR count). The Morgan fingerprint density at radius 3 is 2.42 bits per heavy atom. The quantitative estimate of drug-likeness (QED) is 0.685. The molecule has 1 heterocycles. The van der Waals surface area contributed by atoms with E-state index in [2.05, 4.69) is 85.5 Å². The van der Waals surface area contributed by atoms with E-state index in [1.807, 2.05) is 0 Å². The summed E-state index contributed by atoms with van der Waals surface area (Å²) in [4.78, 5) is 0. The summed E-state index contributed by atoms with van der Waals surface area (Å²) in [5, 5.41) is 8.46. The zero-order chi connectivity index (χ0) is 17.3. The van der Waals surface area contributed by atoms with Gasteiger partial charge in [0.25, 0.3) is 0 Å². The average Bonchev–Trinajstić information content (AvgIpc) is 2.78. The van der Waals surface area contributed by atoms with Crippen LogP contribution in [0.2, 0.25) is 0 Å². The van der Waals surface area contributed by atoms with E-state index < -0.39 is 0 Å². The molecule has 0 aliphatic heterocycles. The van der Waals surface area contributed by atoms with E-state index in [1.165, 1.54) is 33.3 Å². The second-order valence-corrected chi connectivity index (χ2v) is 6.83. The summed E-state index contributed by atoms with van der Waals surface area (Å²) < 4.78 is 2.21. The van der Waals surface area contributed by atoms with Gasteiger partial charge in [0.1, 0.15) is 0 Å². The van der Waals surface area contributed by atoms with Gasteiger partial charge in [-0.2, -0.15) is 0 Å². The highest BCUT2D eigenvalue weighted by atomic mass is 32.1. The van der Waals surface area contributed by atoms with Crippen LogP contribution < -0.4 is 10.6 Å². The first-order valence-electron chi connectivity index (χ1n) is 8.10. The van der Waals surface area contributed by atoms with Gasteiger partial charge in [-0.05, 0) is 80.0 Å². The normalized spacial score (nSPS) is 10.8. The molecule has 0 spiro atoms. The van der Waals surface area contributed by atoms with Crippen molar-refractivity contribution in [1.82, 2.24) is 9.88 Å². The Hall–Kier alpha value is -2.33. The van der Waals surface area contributed by atoms with Crippen LogP contribution in [0.15, 0.2) is 42.5 Å². The number of aryl methyl sites for hydroxylation is 4. The van der Waals surface area contributed by atoms with Crippen molar-refractivity contribution in [1.29, 1.82) is 0 Å². The summed E-state index contributed by atoms with van der Waals surface area (Å²) in [7, 11) is 2.10. The fourth-order valence-corrected chi connectivity index (χ4v) is 3.24. The van der Waals surface area contributed by atoms with E-state index in [9.17, 15) is 0 Å². The van der Waals surface area contributed by atoms with Gasteiger partial charge in [-0.15, -0.1) is 0 Å². The minimum Gasteiger partial charge on any atom is -0.358 e. The molecular weight excluding hydrogens is 314 g/mol. The lowest BCUT2D eigenvalue weighted by Gasteiger charge is -2.12. The van der Waals surface area contributed by atoms with E-state index >= 15 is 0 Å². The lowest BCUT2D eigenvalue weighted by atomic mass is 10.1. The van der Waals surface area contributed by atoms with Crippen molar-refractivity contribution in [2.24, 2.45) is 7.05 Å². The minimum atomic E-state index is 0.643. The monoisotopic (exact) mass is 337 g/mol. The molecule has 0 aliphatic carbocycles. The molecular formula is C20H23N3S. The summed E-state index contributed by atoms with van der Waals surface area (Å²) in [6.07, 6.45) is 0. The van der Waals surface area contributed by atoms with Crippen LogP contribution in [0.25, 0.3) is 10.9 Å². The van der Waals surface area contributed by atoms with Gasteiger partial charge < -0.3 is 15.2 Å². The largest absolute Gasteiger partial charge is 0.358 e. The van der Waals surface area contributed by atoms with Crippen LogP contribution in [0.3, 0.4) is 0 Å². The molecule has 0 fully saturated rings. The highest BCUT2D eigenvalue weighted by Gasteiger charge is 2.04. The molecule has 3 nitrogen and oxygen atoms in total. The maximum Gasteiger partial charge on any atom is 0.171 e. The van der Waals surface area contributed by atoms with E-state index in [0.717, 1.165) is 5.69 Å². The van der Waals surface area contributed by atoms with Gasteiger partial charge in [0.2, 0.25) is 0 Å². The standard InChI is InChI=1S/C20H23N3S/c1-13-7-14(2)9-18(8-13)22-20(24)21-12-16-5-6-19-17(11-16)10-15(3)23(19)4/h5-11H,12H2,1-4H3,(H2,21,22,24). The van der Waals surface area contributed by atoms with Crippen molar-refractivity contribution in [2.75, 3.05) is 5.32 Å². The van der Waals surface area contributed by atoms with Crippen molar-refractivity contribution in [2.45, 2.75) is 27.3 Å². The second-order valence-electron chi connectivity index (χ2n) is 6.42. The second kappa shape index (κ2) is 6.65. The van der Waals surface area contributed by atoms with Crippen molar-refractivity contribution in [3.8, 4) is 0 Å². The maximum absolute atomic E-state index is 5.42. The van der Waals surface area contributed by atoms with Crippen LogP contribution in [0.4, 0.5) is 5.69 Å². The van der Waals surface area contributed by atoms with E-state index in [-0.39, 0.29) is 0 Å². The average molecular weight is 337 g/mol. The third kappa shape index (κ3) is 3.60. The first kappa shape index (κ1) is 16.5. The molecule has 0 aliphatic rings. The number of nitrogens with zero attached hydrogens (tertiary/aromatic N) is 1. The van der Waals surface area contributed by atoms with Crippen LogP contribution in [-0.2, 0) is 13.6 Å². The van der Waals surface area contributed by atoms with Gasteiger partial charge in [-0.3, -0.25) is 0 Å². The van der Waals surface area contributed by atoms with Gasteiger partial charge in [-0.25, -0.2) is 0 Å². The molecule has 0 saturated carbocycles. The maximum atomic E-state index is 5.42. The van der Waals surface area contributed by atoms with Gasteiger partial charge in [-0.1, -0.05) is 12.1 Å². The van der Waals surface area contributed by atoms with Crippen molar-refractivity contribution >= 4 is 33.9 Å². The SMILES string of the molecule is Cc1cc(C)cc(NC(=S)NCc2ccc3c(c2)cc(C)n3C)c1. The lowest BCUT2D eigenvalue weighted by molar-refractivity contribution is 0.913. The number of nitrogens with one attached hydrogen (secondary N) is 2. The number of aromatic nitrogens is 1. The third-order valence-corrected chi connectivity index (χ3v) is 4.53. The van der Waals surface area contributed by atoms with Gasteiger partial charge in [0, 0.05) is 35.9 Å². The molecule has 0 saturated heterocycles. The van der Waals surface area contributed by atoms with Crippen LogP contribution in [0, 0.1) is 20.8 Å². The number of rotatable bonds is 3. The Morgan fingerprint density at radius 1 is 1.00 bits per heavy atom. The molecule has 0 radical (unpaired) electrons. The Labute approximate surface area is 148 Å². The van der Waals surface area contributed by atoms with E-state index in [4.69, 9.17) is 12.2 Å². The number of anilines is 1. The summed E-state index contributed by atoms with van der Waals surface area (Å²) >= 11 is 5.42. The first-order chi connectivity index (χ1) is 11.4. The Kier molecular flexibility index (Phi) is 4.58. The number of fused-ring (bicyclic) bond motifs is 1. The molecule has 0 unspecified atom stereocenters. The van der Waals surface area contributed by atoms with Crippen molar-refractivity contribution < 1.29 is 0 Å². The summed E-state index contributed by atoms with van der Waals surface area (Å²) in [6, 6.07) is 15.1. The molecule has 0 bridgehead atoms. The molecule has 4 heteroatoms. The Morgan fingerprint density at radius 2 is 1.71 bits per heavy atom. The molecule has 1 aromatic heterocycles. The molecule has 0 atom stereocenters. The molecule has 3 aromatic rings. The number of thiocarbonyl (C=S) groups is 1. The summed E-state index contributed by atoms with van der Waals surface area (Å²) in [5.41, 5.74) is 7.22. The Balaban J connectivity index is 1.65. The van der Waals surface area contributed by atoms with Gasteiger partial charge in [0.15, 0.2) is 5.11 Å². The van der Waals surface area contributed by atoms with Crippen LogP contribution >= 0.6 is 12.2 Å². The van der Waals surface area contributed by atoms with Gasteiger partial charge in [0.05, 0.1) is 0 Å². The number of hydrogen-bond acceptors (Lipinski definition) is 1. The Bertz CT molecular complexity index is 888. The first-order valence-corrected chi connectivity index (χ1v) is 8.51. The predicted molar refractivity (Wildman–Crippen MR) is 107 cm³/mol. The van der Waals surface area contributed by atoms with Crippen LogP contribution in [0.5, 0.6) is 0 Å². The molecule has 24 heavy (non-hydrogen) atoms. The fourth-order valence-electron chi connectivity index (χ4n) is 3.05. The minimum absolute atomic E-state index is 0.643. The molecule has 124 valence electrons. The highest BCUT2D eigenvalue weighted by Crippen LogP contribution is 2.20. The zero-order valence-corrected chi connectivity index (χ0v) is 15.4. The zero-order valence-electron chi connectivity index (χ0n) is 14.6. The van der Waals surface area contributed by atoms with E-state index in [1.54, 1.807) is 0 Å². The molecule has 2 aromatic carbocycles. The summed E-state index contributed by atoms with van der Waals surface area (Å²) in [5.74, 6) is 0. The smallest absolute Gasteiger partial charge is 0.171 e. The number of hydrogen-bond donors (Lipinski definition) is 2. The van der Waals surface area contributed by atoms with E-state index in [0.29, 0.717) is 11.7 Å². The highest BCUT2D eigenvalue weighted by molar-refractivity contribution is 7.80. The van der Waals surface area contributed by atoms with Gasteiger partial charge >= 0.3 is 0 Å². The third-order valence-electron chi connectivity index (χ3n) is 4.28. The summed E-state index contributed by atoms with van der Waals surface area (Å²) in [6.45, 7) is 7.01. The lowest BCUT2D eigenvalue weighted by Crippen LogP contribution is -2.27. The molecule has 2 N–H and O–H groups in total. The van der Waals surface area contributed by atoms with Crippen molar-refractivity contribution in [3.05, 3.63) is 64.8 Å². The topological polar surface area (TPSA) is 29.0 Å². The van der Waals surface area contributed by atoms with Crippen LogP contribution in [-0.4, -0.2) is 9.68 Å². The predicted octanol–water partition coefficient (Wildman–Crippen LogP) is 4.59. The number of benzene rings is 2.